The molecule has 0 atom stereocenters. The Labute approximate surface area is 92.4 Å². The summed E-state index contributed by atoms with van der Waals surface area (Å²) in [4.78, 5) is 2.52. The molecule has 0 unspecified atom stereocenters. The largest absolute Gasteiger partial charge is 0.303 e. The number of nitrogens with zero attached hydrogens (tertiary/aromatic N) is 1. The fraction of sp³-hybridized carbons (Fsp3) is 0.429. The Balaban J connectivity index is 1.98. The maximum Gasteiger partial charge on any atom is 0.00187 e. The minimum Gasteiger partial charge on any atom is -0.303 e. The SMILES string of the molecule is CCN1CCC(=Cc2ccccc2)CC1. The zero-order valence-electron chi connectivity index (χ0n) is 9.45. The third-order valence-electron chi connectivity index (χ3n) is 3.12. The topological polar surface area (TPSA) is 3.24 Å². The van der Waals surface area contributed by atoms with Crippen molar-refractivity contribution < 1.29 is 0 Å². The summed E-state index contributed by atoms with van der Waals surface area (Å²) in [6.07, 6.45) is 4.83. The summed E-state index contributed by atoms with van der Waals surface area (Å²) in [6, 6.07) is 10.6. The Morgan fingerprint density at radius 3 is 2.40 bits per heavy atom. The standard InChI is InChI=1S/C14H19N/c1-2-15-10-8-14(9-11-15)12-13-6-4-3-5-7-13/h3-7,12H,2,8-11H2,1H3. The molecule has 0 aliphatic carbocycles. The van der Waals surface area contributed by atoms with Crippen molar-refractivity contribution in [2.45, 2.75) is 19.8 Å². The number of hydrogen-bond donors (Lipinski definition) is 0. The molecule has 0 bridgehead atoms. The van der Waals surface area contributed by atoms with Crippen LogP contribution in [0.15, 0.2) is 35.9 Å². The highest BCUT2D eigenvalue weighted by molar-refractivity contribution is 5.52. The molecule has 0 spiro atoms. The summed E-state index contributed by atoms with van der Waals surface area (Å²) in [7, 11) is 0. The first-order valence-corrected chi connectivity index (χ1v) is 5.85. The van der Waals surface area contributed by atoms with Crippen molar-refractivity contribution in [3.05, 3.63) is 41.5 Å². The highest BCUT2D eigenvalue weighted by Gasteiger charge is 2.11. The van der Waals surface area contributed by atoms with Gasteiger partial charge in [0, 0.05) is 13.1 Å². The number of likely N-dealkylation sites (tertiary alicyclic amines) is 1. The van der Waals surface area contributed by atoms with Crippen molar-refractivity contribution in [1.82, 2.24) is 4.90 Å². The lowest BCUT2D eigenvalue weighted by atomic mass is 10.0. The predicted molar refractivity (Wildman–Crippen MR) is 65.8 cm³/mol. The van der Waals surface area contributed by atoms with E-state index in [1.54, 1.807) is 5.57 Å². The molecule has 0 amide bonds. The van der Waals surface area contributed by atoms with E-state index in [2.05, 4.69) is 48.2 Å². The molecule has 1 aliphatic heterocycles. The smallest absolute Gasteiger partial charge is 0.00187 e. The highest BCUT2D eigenvalue weighted by atomic mass is 15.1. The number of benzene rings is 1. The molecule has 2 rings (SSSR count). The monoisotopic (exact) mass is 201 g/mol. The van der Waals surface area contributed by atoms with Crippen molar-refractivity contribution in [2.24, 2.45) is 0 Å². The van der Waals surface area contributed by atoms with Gasteiger partial charge < -0.3 is 4.90 Å². The third-order valence-corrected chi connectivity index (χ3v) is 3.12. The van der Waals surface area contributed by atoms with Crippen molar-refractivity contribution in [2.75, 3.05) is 19.6 Å². The normalized spacial score (nSPS) is 17.8. The Kier molecular flexibility index (Phi) is 3.57. The van der Waals surface area contributed by atoms with Crippen LogP contribution < -0.4 is 0 Å². The molecule has 1 fully saturated rings. The van der Waals surface area contributed by atoms with Crippen LogP contribution in [0.3, 0.4) is 0 Å². The molecule has 0 aromatic heterocycles. The van der Waals surface area contributed by atoms with Crippen molar-refractivity contribution in [3.8, 4) is 0 Å². The molecule has 1 saturated heterocycles. The Morgan fingerprint density at radius 1 is 1.13 bits per heavy atom. The first-order chi connectivity index (χ1) is 7.38. The van der Waals surface area contributed by atoms with Crippen LogP contribution in [0, 0.1) is 0 Å². The quantitative estimate of drug-likeness (QED) is 0.710. The van der Waals surface area contributed by atoms with Gasteiger partial charge in [-0.05, 0) is 24.9 Å². The van der Waals surface area contributed by atoms with Gasteiger partial charge in [0.05, 0.1) is 0 Å². The molecular weight excluding hydrogens is 182 g/mol. The molecule has 1 aromatic carbocycles. The lowest BCUT2D eigenvalue weighted by Crippen LogP contribution is -2.30. The van der Waals surface area contributed by atoms with Crippen LogP contribution in [-0.2, 0) is 0 Å². The predicted octanol–water partition coefficient (Wildman–Crippen LogP) is 3.19. The second kappa shape index (κ2) is 5.13. The average molecular weight is 201 g/mol. The minimum absolute atomic E-state index is 1.19. The van der Waals surface area contributed by atoms with E-state index < -0.39 is 0 Å². The second-order valence-corrected chi connectivity index (χ2v) is 4.15. The van der Waals surface area contributed by atoms with E-state index in [0.29, 0.717) is 0 Å². The van der Waals surface area contributed by atoms with Crippen LogP contribution in [0.1, 0.15) is 25.3 Å². The maximum atomic E-state index is 2.52. The number of rotatable bonds is 2. The maximum absolute atomic E-state index is 2.52. The second-order valence-electron chi connectivity index (χ2n) is 4.15. The van der Waals surface area contributed by atoms with E-state index in [0.717, 1.165) is 0 Å². The molecule has 0 N–H and O–H groups in total. The first-order valence-electron chi connectivity index (χ1n) is 5.85. The zero-order valence-corrected chi connectivity index (χ0v) is 9.45. The molecular formula is C14H19N. The van der Waals surface area contributed by atoms with Crippen LogP contribution in [0.2, 0.25) is 0 Å². The summed E-state index contributed by atoms with van der Waals surface area (Å²) >= 11 is 0. The molecule has 0 radical (unpaired) electrons. The molecule has 1 heteroatoms. The lowest BCUT2D eigenvalue weighted by molar-refractivity contribution is 0.270. The van der Waals surface area contributed by atoms with Crippen molar-refractivity contribution in [3.63, 3.8) is 0 Å². The van der Waals surface area contributed by atoms with E-state index in [-0.39, 0.29) is 0 Å². The molecule has 15 heavy (non-hydrogen) atoms. The zero-order chi connectivity index (χ0) is 10.5. The third kappa shape index (κ3) is 2.93. The van der Waals surface area contributed by atoms with Gasteiger partial charge in [-0.1, -0.05) is 48.9 Å². The van der Waals surface area contributed by atoms with Gasteiger partial charge in [-0.2, -0.15) is 0 Å². The van der Waals surface area contributed by atoms with Gasteiger partial charge in [0.15, 0.2) is 0 Å². The molecule has 80 valence electrons. The van der Waals surface area contributed by atoms with Gasteiger partial charge in [0.25, 0.3) is 0 Å². The Bertz CT molecular complexity index is 316. The molecule has 1 aromatic rings. The van der Waals surface area contributed by atoms with Crippen LogP contribution in [0.4, 0.5) is 0 Å². The van der Waals surface area contributed by atoms with E-state index in [9.17, 15) is 0 Å². The van der Waals surface area contributed by atoms with Gasteiger partial charge >= 0.3 is 0 Å². The van der Waals surface area contributed by atoms with E-state index in [1.165, 1.54) is 38.0 Å². The number of hydrogen-bond acceptors (Lipinski definition) is 1. The van der Waals surface area contributed by atoms with Gasteiger partial charge in [-0.15, -0.1) is 0 Å². The number of piperidine rings is 1. The van der Waals surface area contributed by atoms with Gasteiger partial charge in [-0.25, -0.2) is 0 Å². The van der Waals surface area contributed by atoms with Crippen LogP contribution in [0.25, 0.3) is 6.08 Å². The Hall–Kier alpha value is -1.08. The van der Waals surface area contributed by atoms with E-state index in [1.807, 2.05) is 0 Å². The van der Waals surface area contributed by atoms with Crippen LogP contribution >= 0.6 is 0 Å². The van der Waals surface area contributed by atoms with Crippen LogP contribution in [-0.4, -0.2) is 24.5 Å². The van der Waals surface area contributed by atoms with Gasteiger partial charge in [0.1, 0.15) is 0 Å². The van der Waals surface area contributed by atoms with Gasteiger partial charge in [0.2, 0.25) is 0 Å². The molecule has 1 heterocycles. The van der Waals surface area contributed by atoms with E-state index >= 15 is 0 Å². The van der Waals surface area contributed by atoms with Gasteiger partial charge in [-0.3, -0.25) is 0 Å². The average Bonchev–Trinajstić information content (AvgIpc) is 2.31. The van der Waals surface area contributed by atoms with E-state index in [4.69, 9.17) is 0 Å². The fourth-order valence-corrected chi connectivity index (χ4v) is 2.09. The fourth-order valence-electron chi connectivity index (χ4n) is 2.09. The molecule has 1 aliphatic rings. The van der Waals surface area contributed by atoms with Crippen molar-refractivity contribution in [1.29, 1.82) is 0 Å². The summed E-state index contributed by atoms with van der Waals surface area (Å²) in [5, 5.41) is 0. The molecule has 1 nitrogen and oxygen atoms in total. The van der Waals surface area contributed by atoms with Crippen LogP contribution in [0.5, 0.6) is 0 Å². The first kappa shape index (κ1) is 10.4. The summed E-state index contributed by atoms with van der Waals surface area (Å²) in [6.45, 7) is 5.90. The Morgan fingerprint density at radius 2 is 1.80 bits per heavy atom. The summed E-state index contributed by atoms with van der Waals surface area (Å²) in [5.74, 6) is 0. The summed E-state index contributed by atoms with van der Waals surface area (Å²) in [5.41, 5.74) is 2.95. The highest BCUT2D eigenvalue weighted by Crippen LogP contribution is 2.18. The lowest BCUT2D eigenvalue weighted by Gasteiger charge is -2.26. The minimum atomic E-state index is 1.19. The molecule has 0 saturated carbocycles. The van der Waals surface area contributed by atoms with Crippen molar-refractivity contribution >= 4 is 6.08 Å². The summed E-state index contributed by atoms with van der Waals surface area (Å²) < 4.78 is 0.